The summed E-state index contributed by atoms with van der Waals surface area (Å²) in [6, 6.07) is 13.6. The Hall–Kier alpha value is -2.55. The highest BCUT2D eigenvalue weighted by molar-refractivity contribution is 8.25. The van der Waals surface area contributed by atoms with Gasteiger partial charge in [0.15, 0.2) is 0 Å². The number of rotatable bonds is 3. The Morgan fingerprint density at radius 3 is 2.28 bits per heavy atom. The standard InChI is InChI=1S/C24H29N3O4S/c1-16-15-25(24(29)19-4-5-19)23-14-20(8-11-22(23)27(16)17(2)28)18-6-9-21(10-7-18)26-12-3-13-32(26,30)31/h6-11,14,16,19,30-31H,3-5,12-13,15H2,1-2H3. The summed E-state index contributed by atoms with van der Waals surface area (Å²) in [5, 5.41) is 0. The van der Waals surface area contributed by atoms with Crippen LogP contribution in [0.2, 0.25) is 0 Å². The van der Waals surface area contributed by atoms with Crippen molar-refractivity contribution in [1.29, 1.82) is 0 Å². The zero-order valence-electron chi connectivity index (χ0n) is 18.4. The van der Waals surface area contributed by atoms with Crippen LogP contribution in [-0.2, 0) is 9.59 Å². The first kappa shape index (κ1) is 21.3. The summed E-state index contributed by atoms with van der Waals surface area (Å²) >= 11 is 0. The minimum atomic E-state index is -2.72. The molecular weight excluding hydrogens is 426 g/mol. The predicted octanol–water partition coefficient (Wildman–Crippen LogP) is 4.73. The summed E-state index contributed by atoms with van der Waals surface area (Å²) in [7, 11) is -2.72. The molecule has 2 heterocycles. The van der Waals surface area contributed by atoms with Crippen molar-refractivity contribution in [3.8, 4) is 11.1 Å². The Morgan fingerprint density at radius 1 is 1.00 bits per heavy atom. The number of anilines is 3. The van der Waals surface area contributed by atoms with Crippen LogP contribution in [0.4, 0.5) is 17.1 Å². The molecular formula is C24H29N3O4S. The van der Waals surface area contributed by atoms with Gasteiger partial charge in [0.05, 0.1) is 28.9 Å². The van der Waals surface area contributed by atoms with E-state index < -0.39 is 10.8 Å². The number of fused-ring (bicyclic) bond motifs is 1. The smallest absolute Gasteiger partial charge is 0.230 e. The van der Waals surface area contributed by atoms with E-state index in [9.17, 15) is 18.7 Å². The summed E-state index contributed by atoms with van der Waals surface area (Å²) in [6.07, 6.45) is 2.64. The Balaban J connectivity index is 1.50. The van der Waals surface area contributed by atoms with Crippen LogP contribution in [0.25, 0.3) is 11.1 Å². The van der Waals surface area contributed by atoms with E-state index in [1.54, 1.807) is 16.1 Å². The molecule has 2 aromatic carbocycles. The average Bonchev–Trinajstić information content (AvgIpc) is 3.55. The van der Waals surface area contributed by atoms with Crippen molar-refractivity contribution in [3.63, 3.8) is 0 Å². The first-order valence-corrected chi connectivity index (χ1v) is 12.8. The van der Waals surface area contributed by atoms with E-state index in [1.165, 1.54) is 0 Å². The maximum Gasteiger partial charge on any atom is 0.230 e. The molecule has 3 aliphatic rings. The van der Waals surface area contributed by atoms with E-state index in [1.807, 2.05) is 54.3 Å². The van der Waals surface area contributed by atoms with Gasteiger partial charge in [-0.1, -0.05) is 18.2 Å². The molecule has 0 spiro atoms. The molecule has 0 aromatic heterocycles. The van der Waals surface area contributed by atoms with Gasteiger partial charge in [-0.25, -0.2) is 0 Å². The zero-order valence-corrected chi connectivity index (χ0v) is 19.2. The molecule has 1 saturated heterocycles. The van der Waals surface area contributed by atoms with E-state index in [0.717, 1.165) is 47.5 Å². The topological polar surface area (TPSA) is 84.3 Å². The van der Waals surface area contributed by atoms with Crippen LogP contribution >= 0.6 is 10.8 Å². The van der Waals surface area contributed by atoms with Crippen molar-refractivity contribution in [2.24, 2.45) is 5.92 Å². The maximum atomic E-state index is 13.0. The molecule has 32 heavy (non-hydrogen) atoms. The highest BCUT2D eigenvalue weighted by atomic mass is 32.3. The van der Waals surface area contributed by atoms with Gasteiger partial charge in [-0.2, -0.15) is 0 Å². The third-order valence-electron chi connectivity index (χ3n) is 6.57. The third kappa shape index (κ3) is 3.66. The molecule has 1 aliphatic carbocycles. The SMILES string of the molecule is CC(=O)N1c2ccc(-c3ccc(N4CCCS4(O)O)cc3)cc2N(C(=O)C2CC2)CC1C. The highest BCUT2D eigenvalue weighted by Crippen LogP contribution is 2.51. The van der Waals surface area contributed by atoms with Crippen LogP contribution in [0.1, 0.15) is 33.1 Å². The lowest BCUT2D eigenvalue weighted by Crippen LogP contribution is -2.51. The van der Waals surface area contributed by atoms with E-state index in [-0.39, 0.29) is 23.8 Å². The van der Waals surface area contributed by atoms with Crippen molar-refractivity contribution >= 4 is 39.7 Å². The zero-order chi connectivity index (χ0) is 22.6. The summed E-state index contributed by atoms with van der Waals surface area (Å²) in [6.45, 7) is 4.68. The molecule has 7 nitrogen and oxygen atoms in total. The van der Waals surface area contributed by atoms with Crippen LogP contribution in [0, 0.1) is 5.92 Å². The number of nitrogens with zero attached hydrogens (tertiary/aromatic N) is 3. The van der Waals surface area contributed by atoms with Gasteiger partial charge in [0.1, 0.15) is 0 Å². The average molecular weight is 456 g/mol. The van der Waals surface area contributed by atoms with Crippen LogP contribution < -0.4 is 14.1 Å². The van der Waals surface area contributed by atoms with Gasteiger partial charge in [0.25, 0.3) is 0 Å². The summed E-state index contributed by atoms with van der Waals surface area (Å²) in [5.41, 5.74) is 4.28. The Kier molecular flexibility index (Phi) is 5.19. The van der Waals surface area contributed by atoms with Gasteiger partial charge >= 0.3 is 0 Å². The number of carbonyl (C=O) groups excluding carboxylic acids is 2. The van der Waals surface area contributed by atoms with Crippen molar-refractivity contribution in [2.45, 2.75) is 39.2 Å². The number of hydrogen-bond donors (Lipinski definition) is 2. The van der Waals surface area contributed by atoms with Gasteiger partial charge in [-0.3, -0.25) is 23.0 Å². The molecule has 2 fully saturated rings. The van der Waals surface area contributed by atoms with E-state index >= 15 is 0 Å². The second-order valence-electron chi connectivity index (χ2n) is 9.00. The van der Waals surface area contributed by atoms with Crippen LogP contribution in [0.15, 0.2) is 42.5 Å². The lowest BCUT2D eigenvalue weighted by molar-refractivity contribution is -0.120. The van der Waals surface area contributed by atoms with Gasteiger partial charge in [-0.05, 0) is 61.6 Å². The number of hydrogen-bond acceptors (Lipinski definition) is 5. The molecule has 1 unspecified atom stereocenters. The fourth-order valence-electron chi connectivity index (χ4n) is 4.82. The molecule has 8 heteroatoms. The molecule has 1 saturated carbocycles. The van der Waals surface area contributed by atoms with Crippen LogP contribution in [0.5, 0.6) is 0 Å². The van der Waals surface area contributed by atoms with Gasteiger partial charge in [0.2, 0.25) is 11.8 Å². The molecule has 0 radical (unpaired) electrons. The van der Waals surface area contributed by atoms with E-state index in [4.69, 9.17) is 0 Å². The van der Waals surface area contributed by atoms with Gasteiger partial charge < -0.3 is 9.80 Å². The fraction of sp³-hybridized carbons (Fsp3) is 0.417. The number of carbonyl (C=O) groups is 2. The van der Waals surface area contributed by atoms with E-state index in [2.05, 4.69) is 0 Å². The summed E-state index contributed by atoms with van der Waals surface area (Å²) < 4.78 is 22.2. The Bertz CT molecular complexity index is 1070. The molecule has 2 aromatic rings. The molecule has 2 N–H and O–H groups in total. The number of benzene rings is 2. The number of amides is 2. The molecule has 5 rings (SSSR count). The highest BCUT2D eigenvalue weighted by Gasteiger charge is 2.39. The quantitative estimate of drug-likeness (QED) is 0.699. The fourth-order valence-corrected chi connectivity index (χ4v) is 6.44. The summed E-state index contributed by atoms with van der Waals surface area (Å²) in [4.78, 5) is 29.0. The van der Waals surface area contributed by atoms with Crippen molar-refractivity contribution in [2.75, 3.05) is 32.9 Å². The van der Waals surface area contributed by atoms with Gasteiger partial charge in [-0.15, -0.1) is 10.8 Å². The monoisotopic (exact) mass is 455 g/mol. The minimum absolute atomic E-state index is 0.0287. The van der Waals surface area contributed by atoms with Crippen molar-refractivity contribution in [3.05, 3.63) is 42.5 Å². The minimum Gasteiger partial charge on any atom is -0.308 e. The Morgan fingerprint density at radius 2 is 1.69 bits per heavy atom. The lowest BCUT2D eigenvalue weighted by atomic mass is 10.00. The molecule has 170 valence electrons. The van der Waals surface area contributed by atoms with Crippen LogP contribution in [-0.4, -0.2) is 45.8 Å². The van der Waals surface area contributed by atoms with E-state index in [0.29, 0.717) is 18.8 Å². The van der Waals surface area contributed by atoms with Crippen molar-refractivity contribution < 1.29 is 18.7 Å². The molecule has 1 atom stereocenters. The largest absolute Gasteiger partial charge is 0.308 e. The maximum absolute atomic E-state index is 13.0. The second-order valence-corrected chi connectivity index (χ2v) is 11.1. The normalized spacial score (nSPS) is 23.1. The molecule has 0 bridgehead atoms. The van der Waals surface area contributed by atoms with Crippen molar-refractivity contribution in [1.82, 2.24) is 0 Å². The molecule has 2 amide bonds. The summed E-state index contributed by atoms with van der Waals surface area (Å²) in [5.74, 6) is 0.629. The third-order valence-corrected chi connectivity index (χ3v) is 8.50. The molecule has 2 aliphatic heterocycles. The Labute approximate surface area is 190 Å². The second kappa shape index (κ2) is 7.79. The first-order chi connectivity index (χ1) is 15.3. The lowest BCUT2D eigenvalue weighted by Gasteiger charge is -2.41. The predicted molar refractivity (Wildman–Crippen MR) is 129 cm³/mol. The first-order valence-electron chi connectivity index (χ1n) is 11.2. The van der Waals surface area contributed by atoms with Gasteiger partial charge in [0, 0.05) is 25.9 Å². The van der Waals surface area contributed by atoms with Crippen LogP contribution in [0.3, 0.4) is 0 Å².